The average molecular weight is 404 g/mol. The summed E-state index contributed by atoms with van der Waals surface area (Å²) in [6.45, 7) is 1.16. The molecule has 0 amide bonds. The number of carboxylic acids is 2. The minimum atomic E-state index is -0.968. The van der Waals surface area contributed by atoms with E-state index in [9.17, 15) is 30.0 Å². The number of carbonyl (C=O) groups is 2. The van der Waals surface area contributed by atoms with Crippen LogP contribution in [0.25, 0.3) is 0 Å². The number of hydrogen-bond acceptors (Lipinski definition) is 6. The lowest BCUT2D eigenvalue weighted by atomic mass is 10.0. The molecular weight excluding hydrogens is 376 g/mol. The van der Waals surface area contributed by atoms with Gasteiger partial charge in [0.1, 0.15) is 5.75 Å². The van der Waals surface area contributed by atoms with Gasteiger partial charge in [-0.3, -0.25) is 19.4 Å². The number of nitrogens with zero attached hydrogens (tertiary/aromatic N) is 2. The summed E-state index contributed by atoms with van der Waals surface area (Å²) in [4.78, 5) is 25.8. The summed E-state index contributed by atoms with van der Waals surface area (Å²) in [5, 5.41) is 38.3. The standard InChI is InChI=1S/C21H28N2O6/c24-18-8-3-1-6-16(18)12-22(14-20(26)27)10-5-11-23(15-21(28)29)13-17-7-2-4-9-19(17)25/h1-4,6-8,19,24-25H,5,9-15H2,(H,26,27)(H,28,29). The molecular formula is C21H28N2O6. The van der Waals surface area contributed by atoms with Gasteiger partial charge in [-0.05, 0) is 24.5 Å². The van der Waals surface area contributed by atoms with Gasteiger partial charge >= 0.3 is 11.9 Å². The summed E-state index contributed by atoms with van der Waals surface area (Å²) in [6.07, 6.45) is 5.96. The van der Waals surface area contributed by atoms with Crippen LogP contribution in [0.5, 0.6) is 5.75 Å². The molecule has 1 unspecified atom stereocenters. The third-order valence-corrected chi connectivity index (χ3v) is 4.69. The Hall–Kier alpha value is -2.68. The first-order valence-corrected chi connectivity index (χ1v) is 9.54. The van der Waals surface area contributed by atoms with Crippen LogP contribution in [-0.4, -0.2) is 81.0 Å². The number of hydrogen-bond donors (Lipinski definition) is 4. The van der Waals surface area contributed by atoms with E-state index in [0.717, 1.165) is 5.57 Å². The molecule has 8 heteroatoms. The molecule has 1 atom stereocenters. The number of aromatic hydroxyl groups is 1. The number of allylic oxidation sites excluding steroid dienone is 2. The van der Waals surface area contributed by atoms with E-state index >= 15 is 0 Å². The van der Waals surface area contributed by atoms with E-state index in [2.05, 4.69) is 0 Å². The fraction of sp³-hybridized carbons (Fsp3) is 0.429. The predicted molar refractivity (Wildman–Crippen MR) is 108 cm³/mol. The van der Waals surface area contributed by atoms with Crippen LogP contribution < -0.4 is 0 Å². The fourth-order valence-electron chi connectivity index (χ4n) is 3.29. The van der Waals surface area contributed by atoms with Gasteiger partial charge in [0.15, 0.2) is 0 Å². The molecule has 1 aromatic rings. The normalized spacial score (nSPS) is 16.2. The topological polar surface area (TPSA) is 122 Å². The van der Waals surface area contributed by atoms with Crippen LogP contribution in [0, 0.1) is 0 Å². The second kappa shape index (κ2) is 11.4. The van der Waals surface area contributed by atoms with Crippen molar-refractivity contribution in [2.45, 2.75) is 25.5 Å². The van der Waals surface area contributed by atoms with Crippen LogP contribution >= 0.6 is 0 Å². The van der Waals surface area contributed by atoms with Gasteiger partial charge < -0.3 is 20.4 Å². The van der Waals surface area contributed by atoms with Crippen LogP contribution in [0.3, 0.4) is 0 Å². The Bertz CT molecular complexity index is 761. The summed E-state index contributed by atoms with van der Waals surface area (Å²) in [5.74, 6) is -1.81. The van der Waals surface area contributed by atoms with Gasteiger partial charge in [-0.1, -0.05) is 36.4 Å². The van der Waals surface area contributed by atoms with Gasteiger partial charge in [0, 0.05) is 31.7 Å². The van der Waals surface area contributed by atoms with Gasteiger partial charge in [-0.25, -0.2) is 0 Å². The molecule has 1 aliphatic rings. The number of carboxylic acid groups (broad SMARTS) is 2. The van der Waals surface area contributed by atoms with E-state index in [-0.39, 0.29) is 25.4 Å². The van der Waals surface area contributed by atoms with Crippen molar-refractivity contribution in [1.82, 2.24) is 9.80 Å². The van der Waals surface area contributed by atoms with E-state index in [0.29, 0.717) is 38.0 Å². The Labute approximate surface area is 170 Å². The molecule has 1 aliphatic carbocycles. The van der Waals surface area contributed by atoms with Crippen LogP contribution in [0.15, 0.2) is 48.1 Å². The quantitative estimate of drug-likeness (QED) is 0.411. The first kappa shape index (κ1) is 22.6. The Morgan fingerprint density at radius 2 is 1.62 bits per heavy atom. The van der Waals surface area contributed by atoms with Crippen molar-refractivity contribution in [2.24, 2.45) is 0 Å². The van der Waals surface area contributed by atoms with E-state index in [1.54, 1.807) is 40.1 Å². The molecule has 0 spiro atoms. The van der Waals surface area contributed by atoms with Crippen molar-refractivity contribution in [3.63, 3.8) is 0 Å². The van der Waals surface area contributed by atoms with Crippen molar-refractivity contribution in [1.29, 1.82) is 0 Å². The third kappa shape index (κ3) is 8.06. The highest BCUT2D eigenvalue weighted by molar-refractivity contribution is 5.69. The molecule has 158 valence electrons. The second-order valence-corrected chi connectivity index (χ2v) is 7.11. The van der Waals surface area contributed by atoms with E-state index in [1.807, 2.05) is 12.2 Å². The molecule has 2 rings (SSSR count). The highest BCUT2D eigenvalue weighted by Crippen LogP contribution is 2.18. The average Bonchev–Trinajstić information content (AvgIpc) is 2.64. The Kier molecular flexibility index (Phi) is 8.85. The zero-order chi connectivity index (χ0) is 21.2. The number of para-hydroxylation sites is 1. The highest BCUT2D eigenvalue weighted by Gasteiger charge is 2.18. The van der Waals surface area contributed by atoms with Crippen molar-refractivity contribution in [3.05, 3.63) is 53.6 Å². The number of phenolic OH excluding ortho intramolecular Hbond substituents is 1. The van der Waals surface area contributed by atoms with Crippen molar-refractivity contribution >= 4 is 11.9 Å². The van der Waals surface area contributed by atoms with E-state index in [4.69, 9.17) is 0 Å². The summed E-state index contributed by atoms with van der Waals surface area (Å²) in [6, 6.07) is 6.78. The molecule has 0 aromatic heterocycles. The van der Waals surface area contributed by atoms with Gasteiger partial charge in [0.05, 0.1) is 19.2 Å². The Morgan fingerprint density at radius 1 is 1.00 bits per heavy atom. The molecule has 0 radical (unpaired) electrons. The minimum Gasteiger partial charge on any atom is -0.508 e. The molecule has 1 aromatic carbocycles. The summed E-state index contributed by atoms with van der Waals surface area (Å²) in [5.41, 5.74) is 1.41. The summed E-state index contributed by atoms with van der Waals surface area (Å²) < 4.78 is 0. The third-order valence-electron chi connectivity index (χ3n) is 4.69. The molecule has 0 aliphatic heterocycles. The fourth-order valence-corrected chi connectivity index (χ4v) is 3.29. The summed E-state index contributed by atoms with van der Waals surface area (Å²) >= 11 is 0. The van der Waals surface area contributed by atoms with Crippen LogP contribution in [0.4, 0.5) is 0 Å². The minimum absolute atomic E-state index is 0.113. The zero-order valence-electron chi connectivity index (χ0n) is 16.3. The molecule has 29 heavy (non-hydrogen) atoms. The molecule has 0 saturated heterocycles. The van der Waals surface area contributed by atoms with Crippen LogP contribution in [-0.2, 0) is 16.1 Å². The number of benzene rings is 1. The van der Waals surface area contributed by atoms with Gasteiger partial charge in [0.25, 0.3) is 0 Å². The first-order valence-electron chi connectivity index (χ1n) is 9.54. The van der Waals surface area contributed by atoms with Gasteiger partial charge in [-0.2, -0.15) is 0 Å². The molecule has 4 N–H and O–H groups in total. The Balaban J connectivity index is 1.95. The number of aliphatic hydroxyl groups excluding tert-OH is 1. The number of rotatable bonds is 12. The maximum Gasteiger partial charge on any atom is 0.317 e. The van der Waals surface area contributed by atoms with Crippen molar-refractivity contribution < 1.29 is 30.0 Å². The molecule has 0 bridgehead atoms. The van der Waals surface area contributed by atoms with Crippen LogP contribution in [0.1, 0.15) is 18.4 Å². The largest absolute Gasteiger partial charge is 0.508 e. The SMILES string of the molecule is O=C(O)CN(CCCN(CC(=O)O)Cc1ccccc1O)CC1=CC=CCC1O. The zero-order valence-corrected chi connectivity index (χ0v) is 16.3. The monoisotopic (exact) mass is 404 g/mol. The molecule has 8 nitrogen and oxygen atoms in total. The van der Waals surface area contributed by atoms with Crippen LogP contribution in [0.2, 0.25) is 0 Å². The Morgan fingerprint density at radius 3 is 2.21 bits per heavy atom. The number of phenols is 1. The predicted octanol–water partition coefficient (Wildman–Crippen LogP) is 1.30. The smallest absolute Gasteiger partial charge is 0.317 e. The van der Waals surface area contributed by atoms with E-state index in [1.165, 1.54) is 0 Å². The van der Waals surface area contributed by atoms with E-state index < -0.39 is 18.0 Å². The second-order valence-electron chi connectivity index (χ2n) is 7.11. The highest BCUT2D eigenvalue weighted by atomic mass is 16.4. The lowest BCUT2D eigenvalue weighted by Gasteiger charge is -2.26. The number of aliphatic carboxylic acids is 2. The maximum absolute atomic E-state index is 11.2. The maximum atomic E-state index is 11.2. The van der Waals surface area contributed by atoms with Gasteiger partial charge in [-0.15, -0.1) is 0 Å². The lowest BCUT2D eigenvalue weighted by molar-refractivity contribution is -0.139. The lowest BCUT2D eigenvalue weighted by Crippen LogP contribution is -2.37. The number of aliphatic hydroxyl groups is 1. The van der Waals surface area contributed by atoms with Crippen molar-refractivity contribution in [2.75, 3.05) is 32.7 Å². The molecule has 0 saturated carbocycles. The summed E-state index contributed by atoms with van der Waals surface area (Å²) in [7, 11) is 0. The molecule has 0 heterocycles. The van der Waals surface area contributed by atoms with Gasteiger partial charge in [0.2, 0.25) is 0 Å². The first-order chi connectivity index (χ1) is 13.8. The molecule has 0 fully saturated rings. The van der Waals surface area contributed by atoms with Crippen molar-refractivity contribution in [3.8, 4) is 5.75 Å².